The van der Waals surface area contributed by atoms with Crippen LogP contribution in [-0.4, -0.2) is 20.9 Å². The molecule has 76 valence electrons. The Kier molecular flexibility index (Phi) is 2.55. The Bertz CT molecular complexity index is 508. The molecule has 0 amide bonds. The molecule has 2 aromatic rings. The number of aromatic nitrogens is 2. The number of carboxylic acids is 1. The molecule has 0 saturated carbocycles. The van der Waals surface area contributed by atoms with Crippen molar-refractivity contribution in [1.82, 2.24) is 9.78 Å². The van der Waals surface area contributed by atoms with Crippen molar-refractivity contribution in [3.8, 4) is 5.69 Å². The maximum absolute atomic E-state index is 10.8. The van der Waals surface area contributed by atoms with E-state index in [9.17, 15) is 4.79 Å². The number of carboxylic acid groups (broad SMARTS) is 1. The lowest BCUT2D eigenvalue weighted by Gasteiger charge is -2.01. The van der Waals surface area contributed by atoms with Gasteiger partial charge in [-0.3, -0.25) is 0 Å². The fraction of sp³-hybridized carbons (Fsp3) is 0. The number of rotatable bonds is 2. The van der Waals surface area contributed by atoms with E-state index in [1.54, 1.807) is 41.2 Å². The third kappa shape index (κ3) is 2.07. The van der Waals surface area contributed by atoms with Crippen molar-refractivity contribution in [2.45, 2.75) is 0 Å². The molecule has 0 saturated heterocycles. The average Bonchev–Trinajstić information content (AvgIpc) is 2.65. The summed E-state index contributed by atoms with van der Waals surface area (Å²) in [6.45, 7) is 0. The van der Waals surface area contributed by atoms with Crippen LogP contribution in [0, 0.1) is 0 Å². The van der Waals surface area contributed by atoms with Crippen LogP contribution in [0.2, 0.25) is 0 Å². The third-order valence-electron chi connectivity index (χ3n) is 1.91. The Morgan fingerprint density at radius 2 is 2.20 bits per heavy atom. The molecule has 1 aromatic heterocycles. The third-order valence-corrected chi connectivity index (χ3v) is 2.34. The summed E-state index contributed by atoms with van der Waals surface area (Å²) >= 11 is 3.23. The first kappa shape index (κ1) is 9.92. The lowest BCUT2D eigenvalue weighted by atomic mass is 10.2. The van der Waals surface area contributed by atoms with Gasteiger partial charge >= 0.3 is 5.97 Å². The highest BCUT2D eigenvalue weighted by Gasteiger charge is 2.04. The van der Waals surface area contributed by atoms with Crippen molar-refractivity contribution in [1.29, 1.82) is 0 Å². The van der Waals surface area contributed by atoms with Gasteiger partial charge < -0.3 is 5.11 Å². The van der Waals surface area contributed by atoms with Crippen molar-refractivity contribution < 1.29 is 9.90 Å². The number of hydrogen-bond acceptors (Lipinski definition) is 2. The van der Waals surface area contributed by atoms with Gasteiger partial charge in [0.15, 0.2) is 0 Å². The number of nitrogens with zero attached hydrogens (tertiary/aromatic N) is 2. The number of halogens is 1. The molecule has 4 nitrogen and oxygen atoms in total. The molecule has 1 aromatic carbocycles. The predicted octanol–water partition coefficient (Wildman–Crippen LogP) is 2.33. The lowest BCUT2D eigenvalue weighted by Crippen LogP contribution is -2.00. The molecule has 1 N–H and O–H groups in total. The van der Waals surface area contributed by atoms with E-state index in [0.717, 1.165) is 5.69 Å². The van der Waals surface area contributed by atoms with Gasteiger partial charge in [0.25, 0.3) is 0 Å². The van der Waals surface area contributed by atoms with Crippen LogP contribution in [0.3, 0.4) is 0 Å². The molecule has 0 radical (unpaired) electrons. The zero-order valence-corrected chi connectivity index (χ0v) is 9.18. The zero-order chi connectivity index (χ0) is 10.8. The van der Waals surface area contributed by atoms with E-state index < -0.39 is 5.97 Å². The quantitative estimate of drug-likeness (QED) is 0.908. The highest BCUT2D eigenvalue weighted by Crippen LogP contribution is 2.12. The normalized spacial score (nSPS) is 10.2. The van der Waals surface area contributed by atoms with Crippen LogP contribution in [0.25, 0.3) is 5.69 Å². The minimum Gasteiger partial charge on any atom is -0.478 e. The standard InChI is InChI=1S/C10H7BrN2O2/c11-9-4-5-13(12-9)8-3-1-2-7(6-8)10(14)15/h1-6H,(H,14,15). The smallest absolute Gasteiger partial charge is 0.335 e. The van der Waals surface area contributed by atoms with E-state index in [1.807, 2.05) is 0 Å². The van der Waals surface area contributed by atoms with Gasteiger partial charge in [-0.15, -0.1) is 0 Å². The summed E-state index contributed by atoms with van der Waals surface area (Å²) in [5.74, 6) is -0.942. The van der Waals surface area contributed by atoms with Crippen molar-refractivity contribution in [3.63, 3.8) is 0 Å². The fourth-order valence-corrected chi connectivity index (χ4v) is 1.52. The second-order valence-corrected chi connectivity index (χ2v) is 3.75. The molecule has 1 heterocycles. The monoisotopic (exact) mass is 266 g/mol. The van der Waals surface area contributed by atoms with E-state index in [-0.39, 0.29) is 5.56 Å². The molecule has 0 aliphatic rings. The molecule has 0 aliphatic heterocycles. The van der Waals surface area contributed by atoms with Crippen LogP contribution in [0.15, 0.2) is 41.1 Å². The maximum Gasteiger partial charge on any atom is 0.335 e. The van der Waals surface area contributed by atoms with Gasteiger partial charge in [0.1, 0.15) is 4.60 Å². The fourth-order valence-electron chi connectivity index (χ4n) is 1.23. The Hall–Kier alpha value is -1.62. The summed E-state index contributed by atoms with van der Waals surface area (Å²) in [6.07, 6.45) is 1.76. The molecule has 15 heavy (non-hydrogen) atoms. The van der Waals surface area contributed by atoms with Crippen molar-refractivity contribution in [3.05, 3.63) is 46.7 Å². The SMILES string of the molecule is O=C(O)c1cccc(-n2ccc(Br)n2)c1. The van der Waals surface area contributed by atoms with E-state index >= 15 is 0 Å². The molecule has 0 fully saturated rings. The zero-order valence-electron chi connectivity index (χ0n) is 7.59. The molecule has 5 heteroatoms. The summed E-state index contributed by atoms with van der Waals surface area (Å²) in [6, 6.07) is 8.39. The van der Waals surface area contributed by atoms with Gasteiger partial charge in [-0.25, -0.2) is 9.48 Å². The Morgan fingerprint density at radius 1 is 1.40 bits per heavy atom. The van der Waals surface area contributed by atoms with E-state index in [2.05, 4.69) is 21.0 Å². The lowest BCUT2D eigenvalue weighted by molar-refractivity contribution is 0.0697. The van der Waals surface area contributed by atoms with Crippen molar-refractivity contribution in [2.24, 2.45) is 0 Å². The van der Waals surface area contributed by atoms with E-state index in [4.69, 9.17) is 5.11 Å². The van der Waals surface area contributed by atoms with Crippen molar-refractivity contribution in [2.75, 3.05) is 0 Å². The Labute approximate surface area is 94.3 Å². The van der Waals surface area contributed by atoms with Gasteiger partial charge in [-0.1, -0.05) is 6.07 Å². The topological polar surface area (TPSA) is 55.1 Å². The van der Waals surface area contributed by atoms with Gasteiger partial charge in [-0.05, 0) is 40.2 Å². The summed E-state index contributed by atoms with van der Waals surface area (Å²) < 4.78 is 2.32. The molecule has 2 rings (SSSR count). The van der Waals surface area contributed by atoms with Crippen LogP contribution in [0.5, 0.6) is 0 Å². The van der Waals surface area contributed by atoms with Crippen molar-refractivity contribution >= 4 is 21.9 Å². The van der Waals surface area contributed by atoms with Crippen LogP contribution < -0.4 is 0 Å². The minimum absolute atomic E-state index is 0.249. The van der Waals surface area contributed by atoms with E-state index in [0.29, 0.717) is 4.60 Å². The minimum atomic E-state index is -0.942. The number of aromatic carboxylic acids is 1. The highest BCUT2D eigenvalue weighted by atomic mass is 79.9. The van der Waals surface area contributed by atoms with Crippen LogP contribution >= 0.6 is 15.9 Å². The molecule has 0 bridgehead atoms. The van der Waals surface area contributed by atoms with Gasteiger partial charge in [0.05, 0.1) is 11.3 Å². The first-order valence-corrected chi connectivity index (χ1v) is 5.01. The molecule has 0 aliphatic carbocycles. The molecule has 0 spiro atoms. The first-order chi connectivity index (χ1) is 7.16. The second kappa shape index (κ2) is 3.86. The molecular formula is C10H7BrN2O2. The summed E-state index contributed by atoms with van der Waals surface area (Å²) in [4.78, 5) is 10.8. The number of carbonyl (C=O) groups is 1. The largest absolute Gasteiger partial charge is 0.478 e. The highest BCUT2D eigenvalue weighted by molar-refractivity contribution is 9.10. The molecular weight excluding hydrogens is 260 g/mol. The van der Waals surface area contributed by atoms with Crippen LogP contribution in [0.1, 0.15) is 10.4 Å². The first-order valence-electron chi connectivity index (χ1n) is 4.22. The average molecular weight is 267 g/mol. The molecule has 0 unspecified atom stereocenters. The van der Waals surface area contributed by atoms with E-state index in [1.165, 1.54) is 0 Å². The van der Waals surface area contributed by atoms with Crippen LogP contribution in [-0.2, 0) is 0 Å². The predicted molar refractivity (Wildman–Crippen MR) is 58.2 cm³/mol. The summed E-state index contributed by atoms with van der Waals surface area (Å²) in [7, 11) is 0. The Morgan fingerprint density at radius 3 is 2.80 bits per heavy atom. The Balaban J connectivity index is 2.45. The summed E-state index contributed by atoms with van der Waals surface area (Å²) in [5, 5.41) is 12.9. The maximum atomic E-state index is 10.8. The van der Waals surface area contributed by atoms with Crippen LogP contribution in [0.4, 0.5) is 0 Å². The summed E-state index contributed by atoms with van der Waals surface area (Å²) in [5.41, 5.74) is 0.972. The second-order valence-electron chi connectivity index (χ2n) is 2.94. The molecule has 0 atom stereocenters. The van der Waals surface area contributed by atoms with Gasteiger partial charge in [0, 0.05) is 6.20 Å². The van der Waals surface area contributed by atoms with Gasteiger partial charge in [-0.2, -0.15) is 5.10 Å². The number of hydrogen-bond donors (Lipinski definition) is 1. The number of benzene rings is 1. The van der Waals surface area contributed by atoms with Gasteiger partial charge in [0.2, 0.25) is 0 Å².